The summed E-state index contributed by atoms with van der Waals surface area (Å²) in [4.78, 5) is 6.46. The molecule has 1 aromatic carbocycles. The molecule has 2 rings (SSSR count). The minimum atomic E-state index is -0.971. The van der Waals surface area contributed by atoms with Crippen LogP contribution in [0.15, 0.2) is 18.3 Å². The first kappa shape index (κ1) is 9.76. The number of aromatic nitrogens is 2. The number of aromatic amines is 1. The lowest BCUT2D eigenvalue weighted by atomic mass is 10.2. The zero-order valence-corrected chi connectivity index (χ0v) is 7.81. The summed E-state index contributed by atoms with van der Waals surface area (Å²) in [5, 5.41) is 0. The van der Waals surface area contributed by atoms with Crippen molar-refractivity contribution in [1.29, 1.82) is 0 Å². The van der Waals surface area contributed by atoms with Crippen molar-refractivity contribution in [1.82, 2.24) is 9.97 Å². The first-order chi connectivity index (χ1) is 7.08. The normalized spacial score (nSPS) is 10.7. The number of nitrogens with one attached hydrogen (secondary N) is 1. The van der Waals surface area contributed by atoms with Gasteiger partial charge in [-0.05, 0) is 6.92 Å². The van der Waals surface area contributed by atoms with E-state index in [1.54, 1.807) is 6.92 Å². The van der Waals surface area contributed by atoms with Gasteiger partial charge in [0.05, 0.1) is 5.56 Å². The van der Waals surface area contributed by atoms with E-state index in [0.29, 0.717) is 17.8 Å². The molecule has 0 aliphatic rings. The van der Waals surface area contributed by atoms with Gasteiger partial charge in [0.2, 0.25) is 0 Å². The number of benzene rings is 1. The van der Waals surface area contributed by atoms with Crippen LogP contribution in [-0.2, 0) is 0 Å². The van der Waals surface area contributed by atoms with Gasteiger partial charge in [-0.15, -0.1) is 0 Å². The van der Waals surface area contributed by atoms with Crippen LogP contribution in [0.3, 0.4) is 0 Å². The molecular weight excluding hydrogens is 205 g/mol. The maximum Gasteiger partial charge on any atom is 0.143 e. The van der Waals surface area contributed by atoms with Gasteiger partial charge in [-0.1, -0.05) is 0 Å². The van der Waals surface area contributed by atoms with Gasteiger partial charge in [0.1, 0.15) is 23.3 Å². The smallest absolute Gasteiger partial charge is 0.143 e. The number of nitrogens with zero attached hydrogens (tertiary/aromatic N) is 1. The summed E-state index contributed by atoms with van der Waals surface area (Å²) in [6.07, 6.45) is 1.44. The van der Waals surface area contributed by atoms with Gasteiger partial charge in [0.15, 0.2) is 0 Å². The Morgan fingerprint density at radius 2 is 1.73 bits per heavy atom. The molecule has 5 heteroatoms. The molecule has 15 heavy (non-hydrogen) atoms. The Morgan fingerprint density at radius 3 is 2.20 bits per heavy atom. The molecule has 2 aromatic rings. The van der Waals surface area contributed by atoms with Crippen LogP contribution in [0.2, 0.25) is 0 Å². The first-order valence-electron chi connectivity index (χ1n) is 4.24. The predicted octanol–water partition coefficient (Wildman–Crippen LogP) is 2.80. The zero-order chi connectivity index (χ0) is 11.0. The molecule has 0 aliphatic carbocycles. The molecule has 0 radical (unpaired) electrons. The molecule has 0 unspecified atom stereocenters. The van der Waals surface area contributed by atoms with E-state index in [1.165, 1.54) is 6.20 Å². The Balaban J connectivity index is 2.62. The molecule has 0 atom stereocenters. The van der Waals surface area contributed by atoms with Crippen LogP contribution < -0.4 is 0 Å². The molecule has 0 saturated carbocycles. The molecule has 1 heterocycles. The molecule has 0 bridgehead atoms. The third-order valence-corrected chi connectivity index (χ3v) is 1.95. The summed E-state index contributed by atoms with van der Waals surface area (Å²) in [7, 11) is 0. The van der Waals surface area contributed by atoms with E-state index in [0.717, 1.165) is 0 Å². The van der Waals surface area contributed by atoms with E-state index in [-0.39, 0.29) is 11.4 Å². The zero-order valence-electron chi connectivity index (χ0n) is 7.81. The van der Waals surface area contributed by atoms with E-state index in [2.05, 4.69) is 9.97 Å². The highest BCUT2D eigenvalue weighted by Gasteiger charge is 2.15. The van der Waals surface area contributed by atoms with Gasteiger partial charge in [0, 0.05) is 24.0 Å². The minimum absolute atomic E-state index is 0.0579. The van der Waals surface area contributed by atoms with Crippen molar-refractivity contribution in [2.24, 2.45) is 0 Å². The molecule has 0 amide bonds. The first-order valence-corrected chi connectivity index (χ1v) is 4.24. The summed E-state index contributed by atoms with van der Waals surface area (Å²) >= 11 is 0. The van der Waals surface area contributed by atoms with Crippen molar-refractivity contribution in [3.05, 3.63) is 41.5 Å². The van der Waals surface area contributed by atoms with Gasteiger partial charge < -0.3 is 4.98 Å². The van der Waals surface area contributed by atoms with Crippen molar-refractivity contribution in [3.63, 3.8) is 0 Å². The van der Waals surface area contributed by atoms with E-state index in [1.807, 2.05) is 0 Å². The minimum Gasteiger partial charge on any atom is -0.342 e. The van der Waals surface area contributed by atoms with Crippen LogP contribution in [-0.4, -0.2) is 9.97 Å². The topological polar surface area (TPSA) is 28.7 Å². The van der Waals surface area contributed by atoms with Gasteiger partial charge in [-0.25, -0.2) is 18.2 Å². The monoisotopic (exact) mass is 212 g/mol. The lowest BCUT2D eigenvalue weighted by Crippen LogP contribution is -1.93. The lowest BCUT2D eigenvalue weighted by Gasteiger charge is -2.01. The summed E-state index contributed by atoms with van der Waals surface area (Å²) < 4.78 is 39.2. The number of halogens is 3. The Kier molecular flexibility index (Phi) is 2.22. The third kappa shape index (κ3) is 1.72. The Hall–Kier alpha value is -1.78. The standard InChI is InChI=1S/C10H7F3N2/c1-5-4-14-10(15-5)9-7(12)2-6(11)3-8(9)13/h2-4H,1H3,(H,14,15). The molecule has 0 aliphatic heterocycles. The lowest BCUT2D eigenvalue weighted by molar-refractivity contribution is 0.547. The maximum absolute atomic E-state index is 13.3. The van der Waals surface area contributed by atoms with Crippen LogP contribution in [0.5, 0.6) is 0 Å². The Morgan fingerprint density at radius 1 is 1.13 bits per heavy atom. The van der Waals surface area contributed by atoms with E-state index >= 15 is 0 Å². The van der Waals surface area contributed by atoms with Crippen molar-refractivity contribution in [2.75, 3.05) is 0 Å². The summed E-state index contributed by atoms with van der Waals surface area (Å²) in [5.41, 5.74) is 0.331. The van der Waals surface area contributed by atoms with Gasteiger partial charge in [0.25, 0.3) is 0 Å². The SMILES string of the molecule is Cc1cnc(-c2c(F)cc(F)cc2F)[nH]1. The quantitative estimate of drug-likeness (QED) is 0.773. The second-order valence-corrected chi connectivity index (χ2v) is 3.16. The fraction of sp³-hybridized carbons (Fsp3) is 0.100. The molecule has 1 N–H and O–H groups in total. The van der Waals surface area contributed by atoms with Crippen LogP contribution >= 0.6 is 0 Å². The van der Waals surface area contributed by atoms with Crippen molar-refractivity contribution in [3.8, 4) is 11.4 Å². The number of rotatable bonds is 1. The number of imidazole rings is 1. The maximum atomic E-state index is 13.3. The van der Waals surface area contributed by atoms with Crippen LogP contribution in [0.1, 0.15) is 5.69 Å². The second kappa shape index (κ2) is 3.42. The van der Waals surface area contributed by atoms with E-state index < -0.39 is 17.5 Å². The summed E-state index contributed by atoms with van der Waals surface area (Å²) in [6, 6.07) is 1.24. The van der Waals surface area contributed by atoms with Gasteiger partial charge in [-0.2, -0.15) is 0 Å². The average molecular weight is 212 g/mol. The molecule has 2 nitrogen and oxygen atoms in total. The number of H-pyrrole nitrogens is 1. The summed E-state index contributed by atoms with van der Waals surface area (Å²) in [6.45, 7) is 1.70. The molecule has 0 saturated heterocycles. The number of aryl methyl sites for hydroxylation is 1. The van der Waals surface area contributed by atoms with Gasteiger partial charge in [-0.3, -0.25) is 0 Å². The average Bonchev–Trinajstić information content (AvgIpc) is 2.49. The molecule has 0 spiro atoms. The molecule has 1 aromatic heterocycles. The number of hydrogen-bond acceptors (Lipinski definition) is 1. The fourth-order valence-corrected chi connectivity index (χ4v) is 1.31. The Labute approximate surface area is 83.8 Å². The number of hydrogen-bond donors (Lipinski definition) is 1. The highest BCUT2D eigenvalue weighted by atomic mass is 19.1. The van der Waals surface area contributed by atoms with E-state index in [4.69, 9.17) is 0 Å². The molecule has 0 fully saturated rings. The highest BCUT2D eigenvalue weighted by Crippen LogP contribution is 2.24. The van der Waals surface area contributed by atoms with Crippen LogP contribution in [0.25, 0.3) is 11.4 Å². The van der Waals surface area contributed by atoms with Crippen molar-refractivity contribution >= 4 is 0 Å². The molecular formula is C10H7F3N2. The molecule has 78 valence electrons. The largest absolute Gasteiger partial charge is 0.342 e. The third-order valence-electron chi connectivity index (χ3n) is 1.95. The Bertz CT molecular complexity index is 482. The van der Waals surface area contributed by atoms with Crippen molar-refractivity contribution < 1.29 is 13.2 Å². The summed E-state index contributed by atoms with van der Waals surface area (Å²) in [5.74, 6) is -2.83. The van der Waals surface area contributed by atoms with Crippen LogP contribution in [0.4, 0.5) is 13.2 Å². The van der Waals surface area contributed by atoms with Crippen molar-refractivity contribution in [2.45, 2.75) is 6.92 Å². The highest BCUT2D eigenvalue weighted by molar-refractivity contribution is 5.57. The fourth-order valence-electron chi connectivity index (χ4n) is 1.31. The van der Waals surface area contributed by atoms with Gasteiger partial charge >= 0.3 is 0 Å². The second-order valence-electron chi connectivity index (χ2n) is 3.16. The predicted molar refractivity (Wildman–Crippen MR) is 48.6 cm³/mol. The van der Waals surface area contributed by atoms with Crippen LogP contribution in [0, 0.1) is 24.4 Å². The van der Waals surface area contributed by atoms with E-state index in [9.17, 15) is 13.2 Å².